The summed E-state index contributed by atoms with van der Waals surface area (Å²) in [5.41, 5.74) is 0. The third kappa shape index (κ3) is 3.89. The van der Waals surface area contributed by atoms with E-state index >= 15 is 0 Å². The van der Waals surface area contributed by atoms with E-state index in [1.807, 2.05) is 32.3 Å². The van der Waals surface area contributed by atoms with E-state index in [4.69, 9.17) is 4.74 Å². The Balaban J connectivity index is 1.74. The van der Waals surface area contributed by atoms with Crippen LogP contribution >= 0.6 is 0 Å². The zero-order chi connectivity index (χ0) is 12.1. The Kier molecular flexibility index (Phi) is 4.20. The van der Waals surface area contributed by atoms with Crippen LogP contribution < -0.4 is 10.2 Å². The molecule has 1 aliphatic carbocycles. The molecule has 0 aromatic carbocycles. The van der Waals surface area contributed by atoms with Gasteiger partial charge in [-0.05, 0) is 30.9 Å². The fourth-order valence-corrected chi connectivity index (χ4v) is 1.63. The highest BCUT2D eigenvalue weighted by atomic mass is 16.5. The Morgan fingerprint density at radius 2 is 2.29 bits per heavy atom. The second-order valence-corrected chi connectivity index (χ2v) is 4.57. The van der Waals surface area contributed by atoms with Gasteiger partial charge in [-0.2, -0.15) is 0 Å². The molecule has 4 nitrogen and oxygen atoms in total. The quantitative estimate of drug-likeness (QED) is 0.733. The molecule has 0 atom stereocenters. The van der Waals surface area contributed by atoms with Crippen molar-refractivity contribution in [3.8, 4) is 0 Å². The van der Waals surface area contributed by atoms with Crippen molar-refractivity contribution in [2.24, 2.45) is 5.92 Å². The van der Waals surface area contributed by atoms with Crippen LogP contribution in [0.3, 0.4) is 0 Å². The molecule has 1 saturated carbocycles. The lowest BCUT2D eigenvalue weighted by molar-refractivity contribution is 0.131. The first-order valence-corrected chi connectivity index (χ1v) is 6.23. The van der Waals surface area contributed by atoms with Crippen LogP contribution in [-0.2, 0) is 4.74 Å². The van der Waals surface area contributed by atoms with Gasteiger partial charge in [-0.3, -0.25) is 0 Å². The molecule has 2 rings (SSSR count). The van der Waals surface area contributed by atoms with Gasteiger partial charge in [-0.25, -0.2) is 4.98 Å². The molecule has 1 fully saturated rings. The van der Waals surface area contributed by atoms with Gasteiger partial charge < -0.3 is 15.0 Å². The van der Waals surface area contributed by atoms with Crippen molar-refractivity contribution in [2.75, 3.05) is 44.1 Å². The maximum atomic E-state index is 5.62. The molecule has 1 heterocycles. The molecular formula is C13H21N3O. The molecule has 0 aliphatic heterocycles. The summed E-state index contributed by atoms with van der Waals surface area (Å²) in [5.74, 6) is 2.71. The van der Waals surface area contributed by atoms with E-state index in [9.17, 15) is 0 Å². The molecule has 1 aromatic rings. The maximum absolute atomic E-state index is 5.62. The fraction of sp³-hybridized carbons (Fsp3) is 0.615. The standard InChI is InChI=1S/C13H21N3O/c1-14-12-4-3-5-13(15-12)16(2)8-9-17-10-11-6-7-11/h3-5,11H,6-10H2,1-2H3,(H,14,15). The van der Waals surface area contributed by atoms with E-state index in [1.54, 1.807) is 0 Å². The summed E-state index contributed by atoms with van der Waals surface area (Å²) < 4.78 is 5.62. The Bertz CT molecular complexity index is 352. The highest BCUT2D eigenvalue weighted by molar-refractivity contribution is 5.46. The lowest BCUT2D eigenvalue weighted by Gasteiger charge is -2.18. The van der Waals surface area contributed by atoms with Crippen molar-refractivity contribution in [1.82, 2.24) is 4.98 Å². The first-order chi connectivity index (χ1) is 8.29. The monoisotopic (exact) mass is 235 g/mol. The number of hydrogen-bond acceptors (Lipinski definition) is 4. The first-order valence-electron chi connectivity index (χ1n) is 6.23. The van der Waals surface area contributed by atoms with Crippen molar-refractivity contribution in [3.63, 3.8) is 0 Å². The van der Waals surface area contributed by atoms with E-state index in [1.165, 1.54) is 12.8 Å². The van der Waals surface area contributed by atoms with Crippen LogP contribution in [0.4, 0.5) is 11.6 Å². The van der Waals surface area contributed by atoms with E-state index in [0.29, 0.717) is 0 Å². The van der Waals surface area contributed by atoms with Crippen molar-refractivity contribution < 1.29 is 4.74 Å². The third-order valence-corrected chi connectivity index (χ3v) is 3.00. The first kappa shape index (κ1) is 12.2. The van der Waals surface area contributed by atoms with Gasteiger partial charge in [0, 0.05) is 27.2 Å². The van der Waals surface area contributed by atoms with E-state index in [-0.39, 0.29) is 0 Å². The number of nitrogens with one attached hydrogen (secondary N) is 1. The van der Waals surface area contributed by atoms with Crippen LogP contribution in [0.15, 0.2) is 18.2 Å². The minimum Gasteiger partial charge on any atom is -0.379 e. The molecule has 94 valence electrons. The summed E-state index contributed by atoms with van der Waals surface area (Å²) in [7, 11) is 3.92. The molecule has 17 heavy (non-hydrogen) atoms. The van der Waals surface area contributed by atoms with E-state index in [0.717, 1.165) is 37.3 Å². The molecule has 0 spiro atoms. The molecule has 0 bridgehead atoms. The summed E-state index contributed by atoms with van der Waals surface area (Å²) >= 11 is 0. The number of ether oxygens (including phenoxy) is 1. The van der Waals surface area contributed by atoms with Crippen LogP contribution in [0.2, 0.25) is 0 Å². The molecule has 0 radical (unpaired) electrons. The SMILES string of the molecule is CNc1cccc(N(C)CCOCC2CC2)n1. The predicted molar refractivity (Wildman–Crippen MR) is 70.6 cm³/mol. The van der Waals surface area contributed by atoms with Gasteiger partial charge in [0.05, 0.1) is 6.61 Å². The minimum absolute atomic E-state index is 0.776. The molecular weight excluding hydrogens is 214 g/mol. The average Bonchev–Trinajstić information content (AvgIpc) is 3.18. The molecule has 0 amide bonds. The summed E-state index contributed by atoms with van der Waals surface area (Å²) in [4.78, 5) is 6.60. The number of aromatic nitrogens is 1. The highest BCUT2D eigenvalue weighted by Crippen LogP contribution is 2.28. The van der Waals surface area contributed by atoms with Crippen LogP contribution in [-0.4, -0.2) is 38.8 Å². The van der Waals surface area contributed by atoms with Gasteiger partial charge >= 0.3 is 0 Å². The predicted octanol–water partition coefficient (Wildman–Crippen LogP) is 1.99. The summed E-state index contributed by atoms with van der Waals surface area (Å²) in [6.07, 6.45) is 2.70. The second-order valence-electron chi connectivity index (χ2n) is 4.57. The van der Waals surface area contributed by atoms with Gasteiger partial charge in [0.25, 0.3) is 0 Å². The van der Waals surface area contributed by atoms with Gasteiger partial charge in [0.15, 0.2) is 0 Å². The number of hydrogen-bond donors (Lipinski definition) is 1. The Labute approximate surface area is 103 Å². The van der Waals surface area contributed by atoms with Crippen LogP contribution in [0.5, 0.6) is 0 Å². The zero-order valence-corrected chi connectivity index (χ0v) is 10.6. The Hall–Kier alpha value is -1.29. The van der Waals surface area contributed by atoms with Crippen LogP contribution in [0.1, 0.15) is 12.8 Å². The maximum Gasteiger partial charge on any atom is 0.130 e. The molecule has 1 N–H and O–H groups in total. The lowest BCUT2D eigenvalue weighted by atomic mass is 10.4. The highest BCUT2D eigenvalue weighted by Gasteiger charge is 2.20. The van der Waals surface area contributed by atoms with Gasteiger partial charge in [-0.1, -0.05) is 6.07 Å². The minimum atomic E-state index is 0.776. The topological polar surface area (TPSA) is 37.4 Å². The van der Waals surface area contributed by atoms with Gasteiger partial charge in [0.2, 0.25) is 0 Å². The lowest BCUT2D eigenvalue weighted by Crippen LogP contribution is -2.24. The molecule has 0 unspecified atom stereocenters. The average molecular weight is 235 g/mol. The van der Waals surface area contributed by atoms with Gasteiger partial charge in [0.1, 0.15) is 11.6 Å². The number of likely N-dealkylation sites (N-methyl/N-ethyl adjacent to an activating group) is 1. The smallest absolute Gasteiger partial charge is 0.130 e. The summed E-state index contributed by atoms with van der Waals surface area (Å²) in [6, 6.07) is 5.98. The second kappa shape index (κ2) is 5.87. The summed E-state index contributed by atoms with van der Waals surface area (Å²) in [5, 5.41) is 3.04. The number of anilines is 2. The summed E-state index contributed by atoms with van der Waals surface area (Å²) in [6.45, 7) is 2.59. The normalized spacial score (nSPS) is 14.7. The molecule has 4 heteroatoms. The Morgan fingerprint density at radius 1 is 1.47 bits per heavy atom. The Morgan fingerprint density at radius 3 is 3.00 bits per heavy atom. The van der Waals surface area contributed by atoms with Crippen molar-refractivity contribution in [1.29, 1.82) is 0 Å². The molecule has 0 saturated heterocycles. The number of rotatable bonds is 7. The third-order valence-electron chi connectivity index (χ3n) is 3.00. The van der Waals surface area contributed by atoms with Crippen molar-refractivity contribution in [3.05, 3.63) is 18.2 Å². The molecule has 1 aromatic heterocycles. The largest absolute Gasteiger partial charge is 0.379 e. The number of nitrogens with zero attached hydrogens (tertiary/aromatic N) is 2. The molecule has 1 aliphatic rings. The fourth-order valence-electron chi connectivity index (χ4n) is 1.63. The van der Waals surface area contributed by atoms with Gasteiger partial charge in [-0.15, -0.1) is 0 Å². The van der Waals surface area contributed by atoms with E-state index < -0.39 is 0 Å². The van der Waals surface area contributed by atoms with E-state index in [2.05, 4.69) is 15.2 Å². The van der Waals surface area contributed by atoms with Crippen LogP contribution in [0.25, 0.3) is 0 Å². The van der Waals surface area contributed by atoms with Crippen LogP contribution in [0, 0.1) is 5.92 Å². The zero-order valence-electron chi connectivity index (χ0n) is 10.6. The van der Waals surface area contributed by atoms with Crippen molar-refractivity contribution >= 4 is 11.6 Å². The van der Waals surface area contributed by atoms with Crippen molar-refractivity contribution in [2.45, 2.75) is 12.8 Å². The number of pyridine rings is 1.